The summed E-state index contributed by atoms with van der Waals surface area (Å²) in [6, 6.07) is 13.6. The Morgan fingerprint density at radius 3 is 2.50 bits per heavy atom. The summed E-state index contributed by atoms with van der Waals surface area (Å²) in [5.41, 5.74) is 2.11. The number of ether oxygens (including phenoxy) is 1. The normalized spacial score (nSPS) is 13.7. The van der Waals surface area contributed by atoms with Crippen LogP contribution < -0.4 is 4.74 Å². The molecular weight excluding hydrogens is 402 g/mol. The molecule has 4 rings (SSSR count). The number of imide groups is 1. The molecule has 2 heterocycles. The zero-order valence-electron chi connectivity index (χ0n) is 16.1. The van der Waals surface area contributed by atoms with Gasteiger partial charge in [0, 0.05) is 23.6 Å². The van der Waals surface area contributed by atoms with E-state index >= 15 is 0 Å². The summed E-state index contributed by atoms with van der Waals surface area (Å²) < 4.78 is 5.15. The third-order valence-corrected chi connectivity index (χ3v) is 5.83. The van der Waals surface area contributed by atoms with Gasteiger partial charge in [-0.1, -0.05) is 6.07 Å². The first kappa shape index (κ1) is 19.5. The largest absolute Gasteiger partial charge is 0.497 e. The van der Waals surface area contributed by atoms with Gasteiger partial charge in [-0.05, 0) is 36.4 Å². The molecule has 0 fully saturated rings. The van der Waals surface area contributed by atoms with Crippen LogP contribution in [0, 0.1) is 11.3 Å². The van der Waals surface area contributed by atoms with E-state index in [0.29, 0.717) is 10.7 Å². The number of hydrogen-bond acceptors (Lipinski definition) is 7. The van der Waals surface area contributed by atoms with Gasteiger partial charge in [-0.3, -0.25) is 19.3 Å². The van der Waals surface area contributed by atoms with Gasteiger partial charge >= 0.3 is 0 Å². The van der Waals surface area contributed by atoms with Crippen LogP contribution in [0.5, 0.6) is 5.75 Å². The summed E-state index contributed by atoms with van der Waals surface area (Å²) in [4.78, 5) is 42.7. The van der Waals surface area contributed by atoms with Gasteiger partial charge in [-0.2, -0.15) is 5.26 Å². The monoisotopic (exact) mass is 417 g/mol. The number of nitrogens with zero attached hydrogens (tertiary/aromatic N) is 3. The first-order valence-corrected chi connectivity index (χ1v) is 9.82. The number of aromatic nitrogens is 1. The fraction of sp³-hybridized carbons (Fsp3) is 0.136. The number of nitriles is 1. The fourth-order valence-corrected chi connectivity index (χ4v) is 4.09. The molecule has 1 aromatic heterocycles. The maximum absolute atomic E-state index is 13.0. The second-order valence-corrected chi connectivity index (χ2v) is 7.55. The predicted molar refractivity (Wildman–Crippen MR) is 110 cm³/mol. The average Bonchev–Trinajstić information content (AvgIpc) is 3.34. The van der Waals surface area contributed by atoms with Crippen molar-refractivity contribution in [2.24, 2.45) is 0 Å². The summed E-state index contributed by atoms with van der Waals surface area (Å²) >= 11 is 1.22. The van der Waals surface area contributed by atoms with Crippen LogP contribution in [0.4, 0.5) is 0 Å². The van der Waals surface area contributed by atoms with Crippen LogP contribution in [0.2, 0.25) is 0 Å². The summed E-state index contributed by atoms with van der Waals surface area (Å²) in [6.07, 6.45) is 0. The number of amides is 2. The van der Waals surface area contributed by atoms with Crippen LogP contribution in [0.3, 0.4) is 0 Å². The van der Waals surface area contributed by atoms with Crippen molar-refractivity contribution in [1.29, 1.82) is 5.26 Å². The predicted octanol–water partition coefficient (Wildman–Crippen LogP) is 3.53. The molecule has 1 atom stereocenters. The van der Waals surface area contributed by atoms with Crippen LogP contribution in [0.25, 0.3) is 11.3 Å². The summed E-state index contributed by atoms with van der Waals surface area (Å²) in [7, 11) is 2.97. The van der Waals surface area contributed by atoms with Crippen LogP contribution in [-0.4, -0.2) is 41.6 Å². The van der Waals surface area contributed by atoms with Gasteiger partial charge in [0.15, 0.2) is 11.7 Å². The fourth-order valence-electron chi connectivity index (χ4n) is 3.22. The highest BCUT2D eigenvalue weighted by Gasteiger charge is 2.34. The van der Waals surface area contributed by atoms with Crippen molar-refractivity contribution in [1.82, 2.24) is 9.88 Å². The molecular formula is C22H15N3O4S. The van der Waals surface area contributed by atoms with Crippen molar-refractivity contribution < 1.29 is 19.1 Å². The van der Waals surface area contributed by atoms with Crippen LogP contribution in [-0.2, 0) is 0 Å². The summed E-state index contributed by atoms with van der Waals surface area (Å²) in [5, 5.41) is 11.8. The Kier molecular flexibility index (Phi) is 4.90. The molecule has 0 saturated heterocycles. The van der Waals surface area contributed by atoms with Gasteiger partial charge in [0.05, 0.1) is 30.0 Å². The van der Waals surface area contributed by atoms with Crippen molar-refractivity contribution in [3.63, 3.8) is 0 Å². The van der Waals surface area contributed by atoms with Crippen molar-refractivity contribution >= 4 is 28.9 Å². The van der Waals surface area contributed by atoms with E-state index in [9.17, 15) is 19.6 Å². The first-order valence-electron chi connectivity index (χ1n) is 8.94. The van der Waals surface area contributed by atoms with Gasteiger partial charge in [-0.15, -0.1) is 11.3 Å². The van der Waals surface area contributed by atoms with E-state index in [2.05, 4.69) is 4.98 Å². The molecule has 0 radical (unpaired) electrons. The van der Waals surface area contributed by atoms with Gasteiger partial charge in [-0.25, -0.2) is 4.98 Å². The molecule has 2 aromatic carbocycles. The van der Waals surface area contributed by atoms with E-state index in [1.165, 1.54) is 36.6 Å². The van der Waals surface area contributed by atoms with Crippen molar-refractivity contribution in [3.8, 4) is 23.1 Å². The molecule has 3 aromatic rings. The summed E-state index contributed by atoms with van der Waals surface area (Å²) in [6.45, 7) is 0. The molecule has 2 amide bonds. The van der Waals surface area contributed by atoms with Crippen molar-refractivity contribution in [2.45, 2.75) is 5.92 Å². The third-order valence-electron chi connectivity index (χ3n) is 4.92. The molecule has 30 heavy (non-hydrogen) atoms. The second kappa shape index (κ2) is 7.54. The molecule has 148 valence electrons. The number of hydrogen-bond donors (Lipinski definition) is 0. The number of fused-ring (bicyclic) bond motifs is 1. The van der Waals surface area contributed by atoms with Crippen LogP contribution >= 0.6 is 11.3 Å². The average molecular weight is 417 g/mol. The Balaban J connectivity index is 1.63. The van der Waals surface area contributed by atoms with Gasteiger partial charge in [0.2, 0.25) is 0 Å². The first-order chi connectivity index (χ1) is 14.4. The summed E-state index contributed by atoms with van der Waals surface area (Å²) in [5.74, 6) is -1.73. The lowest BCUT2D eigenvalue weighted by molar-refractivity contribution is 0.0693. The van der Waals surface area contributed by atoms with Gasteiger partial charge in [0.1, 0.15) is 10.8 Å². The topological polar surface area (TPSA) is 100 Å². The molecule has 0 saturated carbocycles. The molecule has 0 bridgehead atoms. The Morgan fingerprint density at radius 1 is 1.13 bits per heavy atom. The quantitative estimate of drug-likeness (QED) is 0.465. The number of thiazole rings is 1. The number of carbonyl (C=O) groups is 3. The number of ketones is 1. The second-order valence-electron chi connectivity index (χ2n) is 6.66. The lowest BCUT2D eigenvalue weighted by Gasteiger charge is -2.06. The third kappa shape index (κ3) is 3.15. The highest BCUT2D eigenvalue weighted by atomic mass is 32.1. The van der Waals surface area contributed by atoms with Crippen molar-refractivity contribution in [3.05, 3.63) is 69.5 Å². The maximum Gasteiger partial charge on any atom is 0.261 e. The maximum atomic E-state index is 13.0. The van der Waals surface area contributed by atoms with E-state index < -0.39 is 23.5 Å². The van der Waals surface area contributed by atoms with Gasteiger partial charge < -0.3 is 4.74 Å². The molecule has 8 heteroatoms. The minimum absolute atomic E-state index is 0.170. The number of methoxy groups -OCH3 is 1. The van der Waals surface area contributed by atoms with Crippen molar-refractivity contribution in [2.75, 3.05) is 14.2 Å². The van der Waals surface area contributed by atoms with E-state index in [-0.39, 0.29) is 16.7 Å². The molecule has 0 aliphatic carbocycles. The lowest BCUT2D eigenvalue weighted by atomic mass is 9.96. The molecule has 0 N–H and O–H groups in total. The Hall–Kier alpha value is -3.83. The lowest BCUT2D eigenvalue weighted by Crippen LogP contribution is -2.24. The molecule has 1 unspecified atom stereocenters. The highest BCUT2D eigenvalue weighted by molar-refractivity contribution is 7.10. The van der Waals surface area contributed by atoms with Crippen LogP contribution in [0.15, 0.2) is 47.8 Å². The minimum atomic E-state index is -1.11. The Morgan fingerprint density at radius 2 is 1.83 bits per heavy atom. The molecule has 1 aliphatic heterocycles. The highest BCUT2D eigenvalue weighted by Crippen LogP contribution is 2.30. The zero-order chi connectivity index (χ0) is 21.4. The molecule has 1 aliphatic rings. The Bertz CT molecular complexity index is 1220. The Labute approximate surface area is 176 Å². The van der Waals surface area contributed by atoms with E-state index in [4.69, 9.17) is 4.74 Å². The standard InChI is InChI=1S/C22H15N3O4S/c1-25-21(27)15-8-5-13(9-16(15)22(25)28)19(26)17(10-23)20-24-18(11-30-20)12-3-6-14(29-2)7-4-12/h3-9,11,17H,1-2H3. The van der Waals surface area contributed by atoms with E-state index in [1.54, 1.807) is 24.6 Å². The number of rotatable bonds is 5. The molecule has 7 nitrogen and oxygen atoms in total. The zero-order valence-corrected chi connectivity index (χ0v) is 16.9. The number of carbonyl (C=O) groups excluding carboxylic acids is 3. The van der Waals surface area contributed by atoms with E-state index in [1.807, 2.05) is 18.2 Å². The minimum Gasteiger partial charge on any atom is -0.497 e. The SMILES string of the molecule is COc1ccc(-c2csc(C(C#N)C(=O)c3ccc4c(c3)C(=O)N(C)C4=O)n2)cc1. The van der Waals surface area contributed by atoms with E-state index in [0.717, 1.165) is 16.2 Å². The van der Waals surface area contributed by atoms with Gasteiger partial charge in [0.25, 0.3) is 11.8 Å². The molecule has 0 spiro atoms. The number of benzene rings is 2. The smallest absolute Gasteiger partial charge is 0.261 e. The van der Waals surface area contributed by atoms with Crippen LogP contribution in [0.1, 0.15) is 42.0 Å². The number of Topliss-reactive ketones (excluding diaryl/α,β-unsaturated/α-hetero) is 1.